The third kappa shape index (κ3) is 7.15. The van der Waals surface area contributed by atoms with Crippen LogP contribution in [0, 0.1) is 12.3 Å². The fourth-order valence-electron chi connectivity index (χ4n) is 2.55. The van der Waals surface area contributed by atoms with Crippen molar-refractivity contribution >= 4 is 6.09 Å². The van der Waals surface area contributed by atoms with E-state index in [0.29, 0.717) is 26.2 Å². The first kappa shape index (κ1) is 18.8. The Kier molecular flexibility index (Phi) is 7.70. The van der Waals surface area contributed by atoms with E-state index in [1.807, 2.05) is 20.8 Å². The lowest BCUT2D eigenvalue weighted by Crippen LogP contribution is -2.47. The van der Waals surface area contributed by atoms with Gasteiger partial charge in [0.05, 0.1) is 13.2 Å². The summed E-state index contributed by atoms with van der Waals surface area (Å²) in [5.41, 5.74) is 5.46. The molecule has 0 radical (unpaired) electrons. The van der Waals surface area contributed by atoms with Crippen molar-refractivity contribution in [3.8, 4) is 12.3 Å². The molecule has 0 aromatic heterocycles. The average molecular weight is 310 g/mol. The molecule has 1 rings (SSSR count). The summed E-state index contributed by atoms with van der Waals surface area (Å²) in [6.07, 6.45) is 9.25. The third-order valence-electron chi connectivity index (χ3n) is 3.68. The maximum Gasteiger partial charge on any atom is 0.410 e. The van der Waals surface area contributed by atoms with Crippen molar-refractivity contribution in [1.82, 2.24) is 4.90 Å². The second-order valence-electron chi connectivity index (χ2n) is 6.81. The Morgan fingerprint density at radius 1 is 1.27 bits per heavy atom. The smallest absolute Gasteiger partial charge is 0.410 e. The van der Waals surface area contributed by atoms with Gasteiger partial charge in [-0.1, -0.05) is 0 Å². The number of terminal acetylenes is 1. The number of carbonyl (C=O) groups is 1. The number of rotatable bonds is 6. The van der Waals surface area contributed by atoms with Gasteiger partial charge in [-0.05, 0) is 46.5 Å². The fraction of sp³-hybridized carbons (Fsp3) is 0.824. The first-order valence-electron chi connectivity index (χ1n) is 8.10. The van der Waals surface area contributed by atoms with Crippen LogP contribution in [0.2, 0.25) is 0 Å². The topological polar surface area (TPSA) is 64.8 Å². The molecule has 1 aliphatic rings. The monoisotopic (exact) mass is 310 g/mol. The van der Waals surface area contributed by atoms with E-state index >= 15 is 0 Å². The van der Waals surface area contributed by atoms with Crippen LogP contribution in [0.4, 0.5) is 4.79 Å². The quantitative estimate of drug-likeness (QED) is 0.605. The van der Waals surface area contributed by atoms with Crippen LogP contribution < -0.4 is 5.73 Å². The van der Waals surface area contributed by atoms with E-state index in [1.54, 1.807) is 4.90 Å². The second-order valence-corrected chi connectivity index (χ2v) is 6.81. The van der Waals surface area contributed by atoms with Crippen LogP contribution >= 0.6 is 0 Å². The summed E-state index contributed by atoms with van der Waals surface area (Å²) in [4.78, 5) is 14.2. The largest absolute Gasteiger partial charge is 0.444 e. The lowest BCUT2D eigenvalue weighted by molar-refractivity contribution is 0.00303. The fourth-order valence-corrected chi connectivity index (χ4v) is 2.55. The van der Waals surface area contributed by atoms with Crippen molar-refractivity contribution < 1.29 is 14.3 Å². The number of hydrogen-bond donors (Lipinski definition) is 1. The predicted molar refractivity (Wildman–Crippen MR) is 87.4 cm³/mol. The summed E-state index contributed by atoms with van der Waals surface area (Å²) >= 11 is 0. The number of nitrogens with two attached hydrogens (primary N) is 1. The second kappa shape index (κ2) is 9.02. The highest BCUT2D eigenvalue weighted by Crippen LogP contribution is 2.23. The molecule has 1 saturated carbocycles. The zero-order valence-corrected chi connectivity index (χ0v) is 14.1. The van der Waals surface area contributed by atoms with Crippen LogP contribution in [0.3, 0.4) is 0 Å². The minimum absolute atomic E-state index is 0.186. The molecule has 0 spiro atoms. The van der Waals surface area contributed by atoms with Crippen molar-refractivity contribution in [2.75, 3.05) is 19.8 Å². The van der Waals surface area contributed by atoms with Gasteiger partial charge in [-0.25, -0.2) is 4.79 Å². The number of nitrogens with zero attached hydrogens (tertiary/aromatic N) is 1. The van der Waals surface area contributed by atoms with Crippen molar-refractivity contribution in [3.05, 3.63) is 0 Å². The molecule has 0 unspecified atom stereocenters. The summed E-state index contributed by atoms with van der Waals surface area (Å²) in [6, 6.07) is 0.439. The molecule has 5 nitrogen and oxygen atoms in total. The molecular weight excluding hydrogens is 280 g/mol. The van der Waals surface area contributed by atoms with E-state index < -0.39 is 5.60 Å². The van der Waals surface area contributed by atoms with E-state index in [9.17, 15) is 4.79 Å². The Bertz CT molecular complexity index is 376. The molecule has 0 bridgehead atoms. The normalized spacial score (nSPS) is 22.0. The third-order valence-corrected chi connectivity index (χ3v) is 3.68. The molecule has 1 fully saturated rings. The molecule has 0 aliphatic heterocycles. The van der Waals surface area contributed by atoms with Crippen LogP contribution in [-0.2, 0) is 9.47 Å². The van der Waals surface area contributed by atoms with Crippen LogP contribution in [0.25, 0.3) is 0 Å². The summed E-state index contributed by atoms with van der Waals surface area (Å²) in [7, 11) is 0. The highest BCUT2D eigenvalue weighted by molar-refractivity contribution is 5.68. The van der Waals surface area contributed by atoms with Gasteiger partial charge in [0.15, 0.2) is 0 Å². The van der Waals surface area contributed by atoms with Crippen molar-refractivity contribution in [2.24, 2.45) is 5.73 Å². The van der Waals surface area contributed by atoms with E-state index in [-0.39, 0.29) is 18.2 Å². The highest BCUT2D eigenvalue weighted by Gasteiger charge is 2.30. The molecular formula is C17H30N2O3. The van der Waals surface area contributed by atoms with Crippen LogP contribution in [0.5, 0.6) is 0 Å². The van der Waals surface area contributed by atoms with Gasteiger partial charge < -0.3 is 20.1 Å². The minimum Gasteiger partial charge on any atom is -0.444 e. The zero-order valence-electron chi connectivity index (χ0n) is 14.1. The average Bonchev–Trinajstić information content (AvgIpc) is 2.42. The van der Waals surface area contributed by atoms with Gasteiger partial charge in [-0.3, -0.25) is 0 Å². The molecule has 126 valence electrons. The SMILES string of the molecule is C#CCCOCCN(C(=O)OC(C)(C)C)[C@H]1CC[C@H](N)CC1. The molecule has 5 heteroatoms. The first-order chi connectivity index (χ1) is 10.3. The van der Waals surface area contributed by atoms with Crippen LogP contribution in [0.1, 0.15) is 52.9 Å². The predicted octanol–water partition coefficient (Wildman–Crippen LogP) is 2.53. The van der Waals surface area contributed by atoms with E-state index in [1.165, 1.54) is 0 Å². The maximum absolute atomic E-state index is 12.4. The lowest BCUT2D eigenvalue weighted by Gasteiger charge is -2.36. The lowest BCUT2D eigenvalue weighted by atomic mass is 9.91. The van der Waals surface area contributed by atoms with Gasteiger partial charge >= 0.3 is 6.09 Å². The van der Waals surface area contributed by atoms with Gasteiger partial charge in [-0.15, -0.1) is 12.3 Å². The number of carbonyl (C=O) groups excluding carboxylic acids is 1. The Morgan fingerprint density at radius 2 is 1.91 bits per heavy atom. The van der Waals surface area contributed by atoms with E-state index in [2.05, 4.69) is 5.92 Å². The summed E-state index contributed by atoms with van der Waals surface area (Å²) in [6.45, 7) is 7.16. The molecule has 22 heavy (non-hydrogen) atoms. The van der Waals surface area contributed by atoms with Gasteiger partial charge in [0.1, 0.15) is 5.60 Å². The van der Waals surface area contributed by atoms with E-state index in [4.69, 9.17) is 21.6 Å². The maximum atomic E-state index is 12.4. The Balaban J connectivity index is 2.56. The molecule has 0 atom stereocenters. The zero-order chi connectivity index (χ0) is 16.6. The van der Waals surface area contributed by atoms with Crippen molar-refractivity contribution in [2.45, 2.75) is 70.6 Å². The number of amides is 1. The number of ether oxygens (including phenoxy) is 2. The Hall–Kier alpha value is -1.25. The molecule has 0 saturated heterocycles. The van der Waals surface area contributed by atoms with Crippen LogP contribution in [-0.4, -0.2) is 48.4 Å². The molecule has 2 N–H and O–H groups in total. The van der Waals surface area contributed by atoms with Crippen molar-refractivity contribution in [3.63, 3.8) is 0 Å². The van der Waals surface area contributed by atoms with Gasteiger partial charge in [-0.2, -0.15) is 0 Å². The highest BCUT2D eigenvalue weighted by atomic mass is 16.6. The molecule has 0 heterocycles. The summed E-state index contributed by atoms with van der Waals surface area (Å²) in [5, 5.41) is 0. The van der Waals surface area contributed by atoms with Crippen molar-refractivity contribution in [1.29, 1.82) is 0 Å². The van der Waals surface area contributed by atoms with Gasteiger partial charge in [0.2, 0.25) is 0 Å². The standard InChI is InChI=1S/C17H30N2O3/c1-5-6-12-21-13-11-19(16(20)22-17(2,3)4)15-9-7-14(18)8-10-15/h1,14-15H,6-13,18H2,2-4H3/t14-,15-. The van der Waals surface area contributed by atoms with E-state index in [0.717, 1.165) is 25.7 Å². The Labute approximate surface area is 134 Å². The molecule has 0 aromatic carbocycles. The Morgan fingerprint density at radius 3 is 2.45 bits per heavy atom. The molecule has 1 aliphatic carbocycles. The summed E-state index contributed by atoms with van der Waals surface area (Å²) < 4.78 is 11.0. The molecule has 1 amide bonds. The van der Waals surface area contributed by atoms with Crippen LogP contribution in [0.15, 0.2) is 0 Å². The van der Waals surface area contributed by atoms with Gasteiger partial charge in [0, 0.05) is 25.0 Å². The first-order valence-corrected chi connectivity index (χ1v) is 8.10. The summed E-state index contributed by atoms with van der Waals surface area (Å²) in [5.74, 6) is 2.53. The van der Waals surface area contributed by atoms with Gasteiger partial charge in [0.25, 0.3) is 0 Å². The number of hydrogen-bond acceptors (Lipinski definition) is 4. The molecule has 0 aromatic rings. The minimum atomic E-state index is -0.495.